The van der Waals surface area contributed by atoms with Crippen molar-refractivity contribution in [3.8, 4) is 0 Å². The highest BCUT2D eigenvalue weighted by molar-refractivity contribution is 6.08. The number of amides is 2. The van der Waals surface area contributed by atoms with E-state index in [2.05, 4.69) is 9.97 Å². The summed E-state index contributed by atoms with van der Waals surface area (Å²) in [5.74, 6) is -0.806. The Morgan fingerprint density at radius 1 is 0.852 bits per heavy atom. The molecule has 0 N–H and O–H groups in total. The van der Waals surface area contributed by atoms with E-state index in [9.17, 15) is 9.59 Å². The Morgan fingerprint density at radius 2 is 1.56 bits per heavy atom. The largest absolute Gasteiger partial charge is 0.279 e. The Bertz CT molecular complexity index is 910. The second-order valence-corrected chi connectivity index (χ2v) is 5.83. The summed E-state index contributed by atoms with van der Waals surface area (Å²) in [7, 11) is 0. The van der Waals surface area contributed by atoms with E-state index in [4.69, 9.17) is 0 Å². The minimum absolute atomic E-state index is 0.227. The van der Waals surface area contributed by atoms with Crippen LogP contribution in [0.1, 0.15) is 21.7 Å². The molecule has 0 fully saturated rings. The van der Waals surface area contributed by atoms with Crippen LogP contribution >= 0.6 is 0 Å². The molecule has 0 radical (unpaired) electrons. The van der Waals surface area contributed by atoms with Crippen molar-refractivity contribution in [3.05, 3.63) is 102 Å². The lowest BCUT2D eigenvalue weighted by molar-refractivity contribution is -0.123. The quantitative estimate of drug-likeness (QED) is 0.634. The number of rotatable bonds is 6. The SMILES string of the molecule is O=C(/C=C/c1ccccc1)N(CCc1ccccn1)C(=O)c1ccccn1. The van der Waals surface area contributed by atoms with Crippen molar-refractivity contribution in [1.82, 2.24) is 14.9 Å². The third-order valence-electron chi connectivity index (χ3n) is 3.93. The van der Waals surface area contributed by atoms with Gasteiger partial charge in [0.2, 0.25) is 0 Å². The van der Waals surface area contributed by atoms with E-state index in [1.807, 2.05) is 48.5 Å². The molecule has 0 aliphatic carbocycles. The Kier molecular flexibility index (Phi) is 6.20. The molecule has 1 aromatic carbocycles. The summed E-state index contributed by atoms with van der Waals surface area (Å²) >= 11 is 0. The number of nitrogens with zero attached hydrogens (tertiary/aromatic N) is 3. The fraction of sp³-hybridized carbons (Fsp3) is 0.0909. The van der Waals surface area contributed by atoms with Crippen LogP contribution in [0.2, 0.25) is 0 Å². The first-order valence-corrected chi connectivity index (χ1v) is 8.64. The van der Waals surface area contributed by atoms with E-state index in [1.165, 1.54) is 17.2 Å². The van der Waals surface area contributed by atoms with Crippen LogP contribution < -0.4 is 0 Å². The maximum Gasteiger partial charge on any atom is 0.279 e. The molecule has 2 aromatic heterocycles. The van der Waals surface area contributed by atoms with Gasteiger partial charge in [-0.15, -0.1) is 0 Å². The Labute approximate surface area is 158 Å². The van der Waals surface area contributed by atoms with E-state index >= 15 is 0 Å². The zero-order chi connectivity index (χ0) is 18.9. The molecule has 5 heteroatoms. The number of benzene rings is 1. The minimum Gasteiger partial charge on any atom is -0.273 e. The summed E-state index contributed by atoms with van der Waals surface area (Å²) in [6, 6.07) is 20.1. The molecule has 2 heterocycles. The normalized spacial score (nSPS) is 10.7. The molecule has 0 aliphatic heterocycles. The predicted octanol–water partition coefficient (Wildman–Crippen LogP) is 3.40. The lowest BCUT2D eigenvalue weighted by Gasteiger charge is -2.18. The number of hydrogen-bond donors (Lipinski definition) is 0. The number of carbonyl (C=O) groups is 2. The molecule has 0 spiro atoms. The molecule has 27 heavy (non-hydrogen) atoms. The van der Waals surface area contributed by atoms with E-state index in [1.54, 1.807) is 30.5 Å². The van der Waals surface area contributed by atoms with Crippen LogP contribution in [-0.4, -0.2) is 33.2 Å². The van der Waals surface area contributed by atoms with Crippen molar-refractivity contribution < 1.29 is 9.59 Å². The maximum atomic E-state index is 12.8. The van der Waals surface area contributed by atoms with Gasteiger partial charge in [-0.05, 0) is 35.9 Å². The predicted molar refractivity (Wildman–Crippen MR) is 104 cm³/mol. The maximum absolute atomic E-state index is 12.8. The van der Waals surface area contributed by atoms with Gasteiger partial charge in [0, 0.05) is 37.1 Å². The molecule has 0 aliphatic rings. The van der Waals surface area contributed by atoms with Crippen LogP contribution in [0.15, 0.2) is 85.2 Å². The summed E-state index contributed by atoms with van der Waals surface area (Å²) in [5, 5.41) is 0. The molecule has 134 valence electrons. The molecular formula is C22H19N3O2. The van der Waals surface area contributed by atoms with E-state index in [0.717, 1.165) is 11.3 Å². The summed E-state index contributed by atoms with van der Waals surface area (Å²) in [6.07, 6.45) is 6.81. The molecule has 2 amide bonds. The topological polar surface area (TPSA) is 63.2 Å². The molecule has 0 unspecified atom stereocenters. The van der Waals surface area contributed by atoms with Crippen LogP contribution in [0.3, 0.4) is 0 Å². The first-order chi connectivity index (χ1) is 13.2. The van der Waals surface area contributed by atoms with Crippen LogP contribution in [0, 0.1) is 0 Å². The number of imide groups is 1. The molecule has 0 atom stereocenters. The van der Waals surface area contributed by atoms with E-state index in [-0.39, 0.29) is 18.1 Å². The van der Waals surface area contributed by atoms with Crippen molar-refractivity contribution in [3.63, 3.8) is 0 Å². The Hall–Kier alpha value is -3.60. The minimum atomic E-state index is -0.422. The molecule has 0 saturated heterocycles. The Balaban J connectivity index is 1.79. The Morgan fingerprint density at radius 3 is 2.22 bits per heavy atom. The highest BCUT2D eigenvalue weighted by atomic mass is 16.2. The third kappa shape index (κ3) is 5.19. The average Bonchev–Trinajstić information content (AvgIpc) is 2.74. The van der Waals surface area contributed by atoms with Crippen molar-refractivity contribution in [1.29, 1.82) is 0 Å². The molecule has 3 rings (SSSR count). The van der Waals surface area contributed by atoms with Gasteiger partial charge in [-0.25, -0.2) is 0 Å². The average molecular weight is 357 g/mol. The molecule has 0 bridgehead atoms. The van der Waals surface area contributed by atoms with Crippen LogP contribution in [-0.2, 0) is 11.2 Å². The highest BCUT2D eigenvalue weighted by Crippen LogP contribution is 2.08. The fourth-order valence-electron chi connectivity index (χ4n) is 2.53. The van der Waals surface area contributed by atoms with Gasteiger partial charge in [-0.3, -0.25) is 24.5 Å². The van der Waals surface area contributed by atoms with Gasteiger partial charge < -0.3 is 0 Å². The van der Waals surface area contributed by atoms with E-state index in [0.29, 0.717) is 6.42 Å². The van der Waals surface area contributed by atoms with E-state index < -0.39 is 5.91 Å². The van der Waals surface area contributed by atoms with Crippen LogP contribution in [0.25, 0.3) is 6.08 Å². The second kappa shape index (κ2) is 9.20. The van der Waals surface area contributed by atoms with Gasteiger partial charge in [-0.2, -0.15) is 0 Å². The van der Waals surface area contributed by atoms with Crippen molar-refractivity contribution in [2.45, 2.75) is 6.42 Å². The zero-order valence-corrected chi connectivity index (χ0v) is 14.7. The molecule has 5 nitrogen and oxygen atoms in total. The molecule has 0 saturated carbocycles. The summed E-state index contributed by atoms with van der Waals surface area (Å²) < 4.78 is 0. The van der Waals surface area contributed by atoms with Gasteiger partial charge in [0.25, 0.3) is 11.8 Å². The third-order valence-corrected chi connectivity index (χ3v) is 3.93. The summed E-state index contributed by atoms with van der Waals surface area (Å²) in [4.78, 5) is 35.1. The van der Waals surface area contributed by atoms with Gasteiger partial charge in [0.1, 0.15) is 5.69 Å². The number of pyridine rings is 2. The second-order valence-electron chi connectivity index (χ2n) is 5.83. The van der Waals surface area contributed by atoms with Crippen molar-refractivity contribution in [2.24, 2.45) is 0 Å². The fourth-order valence-corrected chi connectivity index (χ4v) is 2.53. The smallest absolute Gasteiger partial charge is 0.273 e. The summed E-state index contributed by atoms with van der Waals surface area (Å²) in [5.41, 5.74) is 1.94. The van der Waals surface area contributed by atoms with Gasteiger partial charge >= 0.3 is 0 Å². The first kappa shape index (κ1) is 18.2. The zero-order valence-electron chi connectivity index (χ0n) is 14.7. The highest BCUT2D eigenvalue weighted by Gasteiger charge is 2.22. The lowest BCUT2D eigenvalue weighted by atomic mass is 10.2. The number of carbonyl (C=O) groups excluding carboxylic acids is 2. The summed E-state index contributed by atoms with van der Waals surface area (Å²) in [6.45, 7) is 0.227. The van der Waals surface area contributed by atoms with Gasteiger partial charge in [-0.1, -0.05) is 42.5 Å². The molecule has 3 aromatic rings. The van der Waals surface area contributed by atoms with Gasteiger partial charge in [0.05, 0.1) is 0 Å². The lowest BCUT2D eigenvalue weighted by Crippen LogP contribution is -2.38. The van der Waals surface area contributed by atoms with Crippen molar-refractivity contribution in [2.75, 3.05) is 6.54 Å². The number of hydrogen-bond acceptors (Lipinski definition) is 4. The monoisotopic (exact) mass is 357 g/mol. The first-order valence-electron chi connectivity index (χ1n) is 8.64. The van der Waals surface area contributed by atoms with Crippen molar-refractivity contribution >= 4 is 17.9 Å². The van der Waals surface area contributed by atoms with Crippen LogP contribution in [0.5, 0.6) is 0 Å². The standard InChI is InChI=1S/C22H19N3O2/c26-21(13-12-18-8-2-1-3-9-18)25(17-14-19-10-4-6-15-23-19)22(27)20-11-5-7-16-24-20/h1-13,15-16H,14,17H2/b13-12+. The van der Waals surface area contributed by atoms with Crippen LogP contribution in [0.4, 0.5) is 0 Å². The van der Waals surface area contributed by atoms with Gasteiger partial charge in [0.15, 0.2) is 0 Å². The number of aromatic nitrogens is 2. The molecular weight excluding hydrogens is 338 g/mol.